The molecule has 0 saturated heterocycles. The molecule has 0 spiro atoms. The summed E-state index contributed by atoms with van der Waals surface area (Å²) in [4.78, 5) is 31.7. The van der Waals surface area contributed by atoms with E-state index in [-0.39, 0.29) is 5.56 Å². The van der Waals surface area contributed by atoms with Crippen LogP contribution >= 0.6 is 43.2 Å². The number of hydrogen-bond acceptors (Lipinski definition) is 6. The van der Waals surface area contributed by atoms with Gasteiger partial charge in [0.1, 0.15) is 5.75 Å². The quantitative estimate of drug-likeness (QED) is 0.414. The van der Waals surface area contributed by atoms with Crippen LogP contribution in [0.15, 0.2) is 72.5 Å². The lowest BCUT2D eigenvalue weighted by atomic mass is 9.95. The molecule has 0 saturated carbocycles. The van der Waals surface area contributed by atoms with Crippen molar-refractivity contribution in [3.8, 4) is 5.75 Å². The smallest absolute Gasteiger partial charge is 0.338 e. The minimum atomic E-state index is -0.622. The van der Waals surface area contributed by atoms with Gasteiger partial charge in [0.25, 0.3) is 5.56 Å². The second kappa shape index (κ2) is 9.79. The maximum Gasteiger partial charge on any atom is 0.338 e. The van der Waals surface area contributed by atoms with Gasteiger partial charge in [0.2, 0.25) is 0 Å². The molecule has 1 aliphatic rings. The number of fused-ring (bicyclic) bond motifs is 1. The molecule has 0 unspecified atom stereocenters. The third-order valence-electron chi connectivity index (χ3n) is 5.29. The Labute approximate surface area is 211 Å². The lowest BCUT2D eigenvalue weighted by Gasteiger charge is -2.25. The van der Waals surface area contributed by atoms with E-state index in [1.807, 2.05) is 49.4 Å². The van der Waals surface area contributed by atoms with Crippen LogP contribution in [-0.2, 0) is 9.53 Å². The van der Waals surface area contributed by atoms with Gasteiger partial charge in [-0.05, 0) is 46.1 Å². The van der Waals surface area contributed by atoms with E-state index in [4.69, 9.17) is 9.47 Å². The Morgan fingerprint density at radius 1 is 1.21 bits per heavy atom. The molecule has 33 heavy (non-hydrogen) atoms. The summed E-state index contributed by atoms with van der Waals surface area (Å²) in [5.74, 6) is 0.129. The number of methoxy groups -OCH3 is 2. The largest absolute Gasteiger partial charge is 0.495 e. The summed E-state index contributed by atoms with van der Waals surface area (Å²) in [6, 6.07) is 12.6. The van der Waals surface area contributed by atoms with Crippen LogP contribution in [-0.4, -0.2) is 24.8 Å². The molecule has 0 amide bonds. The SMILES string of the molecule is CCC1=C(C(=O)OC)[C@@H](c2ccccc2)n2c(s/c(=C/c3cc(Br)cc(Br)c3OC)c2=O)=N1. The summed E-state index contributed by atoms with van der Waals surface area (Å²) in [5.41, 5.74) is 2.32. The molecule has 9 heteroatoms. The summed E-state index contributed by atoms with van der Waals surface area (Å²) in [5, 5.41) is 0. The van der Waals surface area contributed by atoms with Gasteiger partial charge in [-0.1, -0.05) is 64.5 Å². The van der Waals surface area contributed by atoms with E-state index >= 15 is 0 Å². The van der Waals surface area contributed by atoms with Gasteiger partial charge in [-0.15, -0.1) is 0 Å². The van der Waals surface area contributed by atoms with Gasteiger partial charge in [0.05, 0.1) is 40.5 Å². The number of hydrogen-bond donors (Lipinski definition) is 0. The van der Waals surface area contributed by atoms with E-state index in [1.54, 1.807) is 17.8 Å². The molecule has 6 nitrogen and oxygen atoms in total. The molecule has 0 N–H and O–H groups in total. The fourth-order valence-electron chi connectivity index (χ4n) is 3.86. The van der Waals surface area contributed by atoms with Crippen molar-refractivity contribution in [2.45, 2.75) is 19.4 Å². The molecular weight excluding hydrogens is 572 g/mol. The number of aromatic nitrogens is 1. The number of carbonyl (C=O) groups excluding carboxylic acids is 1. The van der Waals surface area contributed by atoms with Crippen molar-refractivity contribution in [3.05, 3.63) is 93.5 Å². The van der Waals surface area contributed by atoms with Crippen molar-refractivity contribution in [1.29, 1.82) is 0 Å². The number of thiazole rings is 1. The number of rotatable bonds is 5. The highest BCUT2D eigenvalue weighted by Gasteiger charge is 2.33. The van der Waals surface area contributed by atoms with E-state index in [0.29, 0.717) is 32.8 Å². The highest BCUT2D eigenvalue weighted by molar-refractivity contribution is 9.11. The van der Waals surface area contributed by atoms with Gasteiger partial charge >= 0.3 is 5.97 Å². The first-order chi connectivity index (χ1) is 15.9. The normalized spacial score (nSPS) is 15.8. The third-order valence-corrected chi connectivity index (χ3v) is 7.32. The zero-order valence-corrected chi connectivity index (χ0v) is 22.1. The van der Waals surface area contributed by atoms with Crippen LogP contribution in [0.4, 0.5) is 0 Å². The monoisotopic (exact) mass is 590 g/mol. The molecule has 170 valence electrons. The number of benzene rings is 2. The van der Waals surface area contributed by atoms with Crippen LogP contribution in [0.1, 0.15) is 30.5 Å². The van der Waals surface area contributed by atoms with Crippen molar-refractivity contribution < 1.29 is 14.3 Å². The van der Waals surface area contributed by atoms with Gasteiger partial charge in [0.15, 0.2) is 4.80 Å². The third kappa shape index (κ3) is 4.37. The summed E-state index contributed by atoms with van der Waals surface area (Å²) in [7, 11) is 2.92. The van der Waals surface area contributed by atoms with Gasteiger partial charge in [-0.25, -0.2) is 9.79 Å². The predicted octanol–water partition coefficient (Wildman–Crippen LogP) is 4.33. The second-order valence-corrected chi connectivity index (χ2v) is 9.99. The predicted molar refractivity (Wildman–Crippen MR) is 135 cm³/mol. The van der Waals surface area contributed by atoms with Crippen molar-refractivity contribution in [2.24, 2.45) is 4.99 Å². The summed E-state index contributed by atoms with van der Waals surface area (Å²) in [6.45, 7) is 1.93. The molecule has 0 aliphatic carbocycles. The molecule has 3 aromatic rings. The number of esters is 1. The fourth-order valence-corrected chi connectivity index (χ4v) is 6.29. The molecule has 2 aromatic carbocycles. The first kappa shape index (κ1) is 23.7. The molecular formula is C24H20Br2N2O4S. The molecule has 0 radical (unpaired) electrons. The lowest BCUT2D eigenvalue weighted by molar-refractivity contribution is -0.136. The van der Waals surface area contributed by atoms with Crippen LogP contribution in [0.25, 0.3) is 6.08 Å². The fraction of sp³-hybridized carbons (Fsp3) is 0.208. The highest BCUT2D eigenvalue weighted by Crippen LogP contribution is 2.34. The van der Waals surface area contributed by atoms with E-state index in [9.17, 15) is 9.59 Å². The molecule has 0 fully saturated rings. The number of carbonyl (C=O) groups is 1. The molecule has 4 rings (SSSR count). The molecule has 1 aromatic heterocycles. The Hall–Kier alpha value is -2.49. The summed E-state index contributed by atoms with van der Waals surface area (Å²) < 4.78 is 14.3. The van der Waals surface area contributed by atoms with Gasteiger partial charge < -0.3 is 9.47 Å². The molecule has 0 bridgehead atoms. The van der Waals surface area contributed by atoms with Gasteiger partial charge in [-0.3, -0.25) is 9.36 Å². The maximum atomic E-state index is 13.7. The van der Waals surface area contributed by atoms with Crippen molar-refractivity contribution >= 4 is 55.2 Å². The average Bonchev–Trinajstić information content (AvgIpc) is 3.12. The van der Waals surface area contributed by atoms with Crippen LogP contribution < -0.4 is 19.6 Å². The van der Waals surface area contributed by atoms with Gasteiger partial charge in [0, 0.05) is 10.0 Å². The Morgan fingerprint density at radius 2 is 1.94 bits per heavy atom. The topological polar surface area (TPSA) is 69.9 Å². The molecule has 2 heterocycles. The zero-order chi connectivity index (χ0) is 23.7. The molecule has 1 aliphatic heterocycles. The average molecular weight is 592 g/mol. The number of allylic oxidation sites excluding steroid dienone is 1. The van der Waals surface area contributed by atoms with Crippen LogP contribution in [0.5, 0.6) is 5.75 Å². The standard InChI is InChI=1S/C24H20Br2N2O4S/c1-4-17-19(23(30)32-3)20(13-8-6-5-7-9-13)28-22(29)18(33-24(28)27-17)11-14-10-15(25)12-16(26)21(14)31-2/h5-12,20H,4H2,1-3H3/b18-11+/t20-/m1/s1. The van der Waals surface area contributed by atoms with E-state index in [0.717, 1.165) is 20.1 Å². The minimum absolute atomic E-state index is 0.234. The summed E-state index contributed by atoms with van der Waals surface area (Å²) >= 11 is 8.28. The second-order valence-electron chi connectivity index (χ2n) is 7.21. The maximum absolute atomic E-state index is 13.7. The Balaban J connectivity index is 2.03. The first-order valence-corrected chi connectivity index (χ1v) is 12.5. The van der Waals surface area contributed by atoms with E-state index < -0.39 is 12.0 Å². The van der Waals surface area contributed by atoms with Crippen molar-refractivity contribution in [3.63, 3.8) is 0 Å². The Morgan fingerprint density at radius 3 is 2.58 bits per heavy atom. The number of ether oxygens (including phenoxy) is 2. The number of nitrogens with zero attached hydrogens (tertiary/aromatic N) is 2. The first-order valence-electron chi connectivity index (χ1n) is 10.1. The lowest BCUT2D eigenvalue weighted by Crippen LogP contribution is -2.40. The zero-order valence-electron chi connectivity index (χ0n) is 18.1. The van der Waals surface area contributed by atoms with Gasteiger partial charge in [-0.2, -0.15) is 0 Å². The number of halogens is 2. The Bertz CT molecular complexity index is 1440. The van der Waals surface area contributed by atoms with Crippen LogP contribution in [0.3, 0.4) is 0 Å². The van der Waals surface area contributed by atoms with Crippen molar-refractivity contribution in [1.82, 2.24) is 4.57 Å². The van der Waals surface area contributed by atoms with Crippen molar-refractivity contribution in [2.75, 3.05) is 14.2 Å². The van der Waals surface area contributed by atoms with Crippen LogP contribution in [0, 0.1) is 0 Å². The minimum Gasteiger partial charge on any atom is -0.495 e. The van der Waals surface area contributed by atoms with E-state index in [2.05, 4.69) is 36.9 Å². The highest BCUT2D eigenvalue weighted by atomic mass is 79.9. The Kier molecular flexibility index (Phi) is 7.02. The van der Waals surface area contributed by atoms with Crippen LogP contribution in [0.2, 0.25) is 0 Å². The van der Waals surface area contributed by atoms with E-state index in [1.165, 1.54) is 18.4 Å². The molecule has 1 atom stereocenters. The summed E-state index contributed by atoms with van der Waals surface area (Å²) in [6.07, 6.45) is 2.32.